The van der Waals surface area contributed by atoms with Gasteiger partial charge in [-0.3, -0.25) is 9.79 Å². The average molecular weight is 355 g/mol. The second-order valence-electron chi connectivity index (χ2n) is 5.17. The van der Waals surface area contributed by atoms with Crippen LogP contribution in [0.25, 0.3) is 0 Å². The molecular weight excluding hydrogens is 339 g/mol. The van der Waals surface area contributed by atoms with E-state index >= 15 is 0 Å². The molecule has 0 spiro atoms. The SMILES string of the molecule is NC1=N[C@@](c2cc(N)ccc2F)(C(F)F)COC1.O=c1cccn[nH]1. The van der Waals surface area contributed by atoms with Gasteiger partial charge in [-0.2, -0.15) is 5.10 Å². The summed E-state index contributed by atoms with van der Waals surface area (Å²) in [7, 11) is 0. The molecule has 0 fully saturated rings. The summed E-state index contributed by atoms with van der Waals surface area (Å²) >= 11 is 0. The molecule has 2 aromatic rings. The van der Waals surface area contributed by atoms with Crippen LogP contribution in [0, 0.1) is 5.82 Å². The number of amidine groups is 1. The summed E-state index contributed by atoms with van der Waals surface area (Å²) in [4.78, 5) is 13.9. The molecular formula is C15H16F3N5O2. The summed E-state index contributed by atoms with van der Waals surface area (Å²) in [6.07, 6.45) is -1.44. The highest BCUT2D eigenvalue weighted by Gasteiger charge is 2.46. The number of aromatic amines is 1. The van der Waals surface area contributed by atoms with E-state index in [1.165, 1.54) is 18.3 Å². The van der Waals surface area contributed by atoms with Crippen LogP contribution in [0.4, 0.5) is 18.9 Å². The number of anilines is 1. The number of alkyl halides is 2. The highest BCUT2D eigenvalue weighted by molar-refractivity contribution is 5.82. The summed E-state index contributed by atoms with van der Waals surface area (Å²) < 4.78 is 45.3. The molecule has 1 aliphatic rings. The molecule has 0 unspecified atom stereocenters. The van der Waals surface area contributed by atoms with Crippen LogP contribution in [0.15, 0.2) is 46.3 Å². The molecule has 7 nitrogen and oxygen atoms in total. The van der Waals surface area contributed by atoms with Crippen molar-refractivity contribution in [3.63, 3.8) is 0 Å². The Hall–Kier alpha value is -2.88. The Morgan fingerprint density at radius 3 is 2.56 bits per heavy atom. The highest BCUT2D eigenvalue weighted by atomic mass is 19.3. The molecule has 1 aromatic carbocycles. The van der Waals surface area contributed by atoms with Crippen LogP contribution in [-0.2, 0) is 10.3 Å². The molecule has 0 saturated carbocycles. The Bertz CT molecular complexity index is 794. The number of ether oxygens (including phenoxy) is 1. The Morgan fingerprint density at radius 1 is 1.28 bits per heavy atom. The second-order valence-corrected chi connectivity index (χ2v) is 5.17. The molecule has 1 aromatic heterocycles. The van der Waals surface area contributed by atoms with E-state index in [0.717, 1.165) is 12.1 Å². The first-order valence-electron chi connectivity index (χ1n) is 7.10. The maximum Gasteiger partial charge on any atom is 0.269 e. The van der Waals surface area contributed by atoms with Crippen molar-refractivity contribution in [2.75, 3.05) is 18.9 Å². The molecule has 3 rings (SSSR count). The number of hydrogen-bond donors (Lipinski definition) is 3. The number of aromatic nitrogens is 2. The number of nitrogen functional groups attached to an aromatic ring is 1. The quantitative estimate of drug-likeness (QED) is 0.695. The van der Waals surface area contributed by atoms with Gasteiger partial charge in [-0.15, -0.1) is 0 Å². The molecule has 2 heterocycles. The van der Waals surface area contributed by atoms with Gasteiger partial charge in [0.1, 0.15) is 18.3 Å². The van der Waals surface area contributed by atoms with Gasteiger partial charge in [-0.1, -0.05) is 0 Å². The topological polar surface area (TPSA) is 119 Å². The molecule has 0 saturated heterocycles. The van der Waals surface area contributed by atoms with Gasteiger partial charge >= 0.3 is 0 Å². The van der Waals surface area contributed by atoms with Crippen molar-refractivity contribution in [3.8, 4) is 0 Å². The lowest BCUT2D eigenvalue weighted by atomic mass is 9.90. The number of rotatable bonds is 2. The zero-order valence-electron chi connectivity index (χ0n) is 13.0. The molecule has 0 radical (unpaired) electrons. The third kappa shape index (κ3) is 4.35. The number of H-pyrrole nitrogens is 1. The third-order valence-corrected chi connectivity index (χ3v) is 3.32. The fourth-order valence-corrected chi connectivity index (χ4v) is 2.19. The predicted molar refractivity (Wildman–Crippen MR) is 85.8 cm³/mol. The van der Waals surface area contributed by atoms with E-state index in [-0.39, 0.29) is 29.3 Å². The monoisotopic (exact) mass is 355 g/mol. The number of halogens is 3. The van der Waals surface area contributed by atoms with Crippen molar-refractivity contribution in [2.45, 2.75) is 12.0 Å². The zero-order chi connectivity index (χ0) is 18.4. The van der Waals surface area contributed by atoms with Crippen molar-refractivity contribution in [2.24, 2.45) is 10.7 Å². The first kappa shape index (κ1) is 18.5. The number of nitrogens with one attached hydrogen (secondary N) is 1. The Balaban J connectivity index is 0.000000269. The Morgan fingerprint density at radius 2 is 2.04 bits per heavy atom. The van der Waals surface area contributed by atoms with Crippen molar-refractivity contribution in [1.82, 2.24) is 10.2 Å². The minimum absolute atomic E-state index is 0.0432. The van der Waals surface area contributed by atoms with Gasteiger partial charge in [-0.05, 0) is 24.3 Å². The van der Waals surface area contributed by atoms with Crippen molar-refractivity contribution >= 4 is 11.5 Å². The van der Waals surface area contributed by atoms with Crippen LogP contribution in [0.5, 0.6) is 0 Å². The summed E-state index contributed by atoms with van der Waals surface area (Å²) in [5.74, 6) is -0.907. The smallest absolute Gasteiger partial charge is 0.269 e. The van der Waals surface area contributed by atoms with E-state index < -0.39 is 24.4 Å². The number of hydrogen-bond acceptors (Lipinski definition) is 6. The highest BCUT2D eigenvalue weighted by Crippen LogP contribution is 2.37. The lowest BCUT2D eigenvalue weighted by molar-refractivity contribution is -0.0145. The molecule has 5 N–H and O–H groups in total. The minimum Gasteiger partial charge on any atom is -0.399 e. The van der Waals surface area contributed by atoms with Crippen LogP contribution < -0.4 is 17.0 Å². The molecule has 25 heavy (non-hydrogen) atoms. The maximum absolute atomic E-state index is 13.7. The summed E-state index contributed by atoms with van der Waals surface area (Å²) in [6.45, 7) is -0.482. The van der Waals surface area contributed by atoms with Gasteiger partial charge in [0.05, 0.1) is 6.61 Å². The van der Waals surface area contributed by atoms with E-state index in [9.17, 15) is 18.0 Å². The fraction of sp³-hybridized carbons (Fsp3) is 0.267. The van der Waals surface area contributed by atoms with Gasteiger partial charge in [0.2, 0.25) is 0 Å². The lowest BCUT2D eigenvalue weighted by Gasteiger charge is -2.33. The Kier molecular flexibility index (Phi) is 5.75. The molecule has 1 atom stereocenters. The van der Waals surface area contributed by atoms with E-state index in [1.54, 1.807) is 6.07 Å². The van der Waals surface area contributed by atoms with Crippen LogP contribution in [0.3, 0.4) is 0 Å². The van der Waals surface area contributed by atoms with Crippen LogP contribution >= 0.6 is 0 Å². The van der Waals surface area contributed by atoms with E-state index in [4.69, 9.17) is 16.2 Å². The number of benzene rings is 1. The van der Waals surface area contributed by atoms with Gasteiger partial charge in [0.25, 0.3) is 12.0 Å². The van der Waals surface area contributed by atoms with E-state index in [1.807, 2.05) is 0 Å². The largest absolute Gasteiger partial charge is 0.399 e. The van der Waals surface area contributed by atoms with Gasteiger partial charge in [0, 0.05) is 23.5 Å². The maximum atomic E-state index is 13.7. The molecule has 0 aliphatic carbocycles. The average Bonchev–Trinajstić information content (AvgIpc) is 2.58. The summed E-state index contributed by atoms with van der Waals surface area (Å²) in [6, 6.07) is 6.43. The van der Waals surface area contributed by atoms with Crippen LogP contribution in [-0.4, -0.2) is 35.7 Å². The fourth-order valence-electron chi connectivity index (χ4n) is 2.19. The van der Waals surface area contributed by atoms with Crippen LogP contribution in [0.1, 0.15) is 5.56 Å². The number of nitrogens with two attached hydrogens (primary N) is 2. The summed E-state index contributed by atoms with van der Waals surface area (Å²) in [5.41, 5.74) is 8.49. The first-order chi connectivity index (χ1) is 11.8. The second kappa shape index (κ2) is 7.79. The van der Waals surface area contributed by atoms with Gasteiger partial charge in [0.15, 0.2) is 5.54 Å². The molecule has 10 heteroatoms. The van der Waals surface area contributed by atoms with E-state index in [2.05, 4.69) is 15.2 Å². The first-order valence-corrected chi connectivity index (χ1v) is 7.10. The number of aliphatic imine (C=N–C) groups is 1. The van der Waals surface area contributed by atoms with Gasteiger partial charge < -0.3 is 16.2 Å². The van der Waals surface area contributed by atoms with Crippen molar-refractivity contribution < 1.29 is 17.9 Å². The van der Waals surface area contributed by atoms with Crippen molar-refractivity contribution in [3.05, 3.63) is 58.3 Å². The van der Waals surface area contributed by atoms with Crippen LogP contribution in [0.2, 0.25) is 0 Å². The molecule has 1 aliphatic heterocycles. The number of nitrogens with zero attached hydrogens (tertiary/aromatic N) is 2. The molecule has 134 valence electrons. The minimum atomic E-state index is -2.95. The Labute approximate surface area is 140 Å². The standard InChI is InChI=1S/C11H12F3N3O.C4H4N2O/c12-8-2-1-6(15)3-7(8)11(10(13)14)5-18-4-9(16)17-11;7-4-2-1-3-5-6-4/h1-3,10H,4-5,15H2,(H2,16,17);1-3H,(H,6,7)/t11-;/m0./s1. The van der Waals surface area contributed by atoms with E-state index in [0.29, 0.717) is 0 Å². The van der Waals surface area contributed by atoms with Gasteiger partial charge in [-0.25, -0.2) is 18.3 Å². The summed E-state index contributed by atoms with van der Waals surface area (Å²) in [5, 5.41) is 5.67. The molecule has 0 amide bonds. The van der Waals surface area contributed by atoms with Crippen molar-refractivity contribution in [1.29, 1.82) is 0 Å². The third-order valence-electron chi connectivity index (χ3n) is 3.32. The predicted octanol–water partition coefficient (Wildman–Crippen LogP) is 1.03. The lowest BCUT2D eigenvalue weighted by Crippen LogP contribution is -2.45. The molecule has 0 bridgehead atoms. The normalized spacial score (nSPS) is 19.8. The zero-order valence-corrected chi connectivity index (χ0v) is 13.0.